The fourth-order valence-corrected chi connectivity index (χ4v) is 5.42. The molecule has 2 N–H and O–H groups in total. The Labute approximate surface area is 173 Å². The lowest BCUT2D eigenvalue weighted by atomic mass is 10.0. The Morgan fingerprint density at radius 2 is 1.96 bits per heavy atom. The minimum absolute atomic E-state index is 0.0172. The maximum atomic E-state index is 11.2. The molecule has 1 aliphatic carbocycles. The molecule has 0 bridgehead atoms. The number of carboxylic acid groups (broad SMARTS) is 1. The van der Waals surface area contributed by atoms with Gasteiger partial charge in [-0.2, -0.15) is 11.8 Å². The Morgan fingerprint density at radius 1 is 1.19 bits per heavy atom. The summed E-state index contributed by atoms with van der Waals surface area (Å²) in [6, 6.07) is 16.4. The number of carboxylic acids is 1. The number of halogens is 1. The summed E-state index contributed by atoms with van der Waals surface area (Å²) in [6.45, 7) is 0.0401. The zero-order valence-electron chi connectivity index (χ0n) is 15.2. The fraction of sp³-hybridized carbons (Fsp3) is 0.409. The second-order valence-electron chi connectivity index (χ2n) is 7.40. The molecule has 1 aliphatic rings. The Bertz CT molecular complexity index is 789. The highest BCUT2D eigenvalue weighted by molar-refractivity contribution is 9.10. The van der Waals surface area contributed by atoms with Crippen molar-refractivity contribution in [1.82, 2.24) is 0 Å². The number of aliphatic hydroxyl groups is 1. The predicted molar refractivity (Wildman–Crippen MR) is 114 cm³/mol. The quantitative estimate of drug-likeness (QED) is 0.496. The van der Waals surface area contributed by atoms with Gasteiger partial charge in [-0.05, 0) is 53.9 Å². The largest absolute Gasteiger partial charge is 0.481 e. The zero-order valence-corrected chi connectivity index (χ0v) is 17.6. The van der Waals surface area contributed by atoms with Gasteiger partial charge in [0.2, 0.25) is 0 Å². The first-order valence-corrected chi connectivity index (χ1v) is 11.1. The van der Waals surface area contributed by atoms with Crippen LogP contribution in [0.15, 0.2) is 53.0 Å². The molecule has 1 fully saturated rings. The molecule has 0 saturated heterocycles. The topological polar surface area (TPSA) is 57.5 Å². The summed E-state index contributed by atoms with van der Waals surface area (Å²) in [4.78, 5) is 11.2. The van der Waals surface area contributed by atoms with E-state index in [0.717, 1.165) is 41.5 Å². The van der Waals surface area contributed by atoms with Gasteiger partial charge < -0.3 is 10.2 Å². The van der Waals surface area contributed by atoms with Gasteiger partial charge in [0.15, 0.2) is 0 Å². The highest BCUT2D eigenvalue weighted by Crippen LogP contribution is 2.53. The van der Waals surface area contributed by atoms with Gasteiger partial charge in [-0.1, -0.05) is 58.4 Å². The molecule has 3 nitrogen and oxygen atoms in total. The third kappa shape index (κ3) is 5.84. The van der Waals surface area contributed by atoms with Crippen LogP contribution in [0.4, 0.5) is 0 Å². The standard InChI is InChI=1S/C22H25BrO3S/c23-19-7-2-1-5-17(19)8-9-20(18-6-3-4-16(12-18)14-24)27-15-22(10-11-22)13-21(25)26/h1-7,12,20,24H,8-11,13-15H2,(H,25,26). The number of aliphatic hydroxyl groups excluding tert-OH is 1. The Kier molecular flexibility index (Phi) is 7.01. The van der Waals surface area contributed by atoms with Gasteiger partial charge in [0.25, 0.3) is 0 Å². The summed E-state index contributed by atoms with van der Waals surface area (Å²) in [5.41, 5.74) is 3.40. The molecular weight excluding hydrogens is 424 g/mol. The summed E-state index contributed by atoms with van der Waals surface area (Å²) < 4.78 is 1.13. The fourth-order valence-electron chi connectivity index (χ4n) is 3.37. The van der Waals surface area contributed by atoms with E-state index in [-0.39, 0.29) is 23.7 Å². The van der Waals surface area contributed by atoms with E-state index in [1.807, 2.05) is 30.0 Å². The van der Waals surface area contributed by atoms with Crippen LogP contribution in [-0.2, 0) is 17.8 Å². The van der Waals surface area contributed by atoms with Gasteiger partial charge >= 0.3 is 5.97 Å². The molecule has 0 radical (unpaired) electrons. The molecule has 0 spiro atoms. The monoisotopic (exact) mass is 448 g/mol. The van der Waals surface area contributed by atoms with Gasteiger partial charge in [0.05, 0.1) is 13.0 Å². The molecule has 27 heavy (non-hydrogen) atoms. The van der Waals surface area contributed by atoms with Crippen LogP contribution in [-0.4, -0.2) is 21.9 Å². The summed E-state index contributed by atoms with van der Waals surface area (Å²) in [5.74, 6) is 0.184. The van der Waals surface area contributed by atoms with Crippen molar-refractivity contribution >= 4 is 33.7 Å². The number of carbonyl (C=O) groups is 1. The summed E-state index contributed by atoms with van der Waals surface area (Å²) >= 11 is 5.50. The molecule has 1 saturated carbocycles. The van der Waals surface area contributed by atoms with Crippen molar-refractivity contribution in [3.63, 3.8) is 0 Å². The SMILES string of the molecule is O=C(O)CC1(CSC(CCc2ccccc2Br)c2cccc(CO)c2)CC1. The zero-order chi connectivity index (χ0) is 19.3. The van der Waals surface area contributed by atoms with Crippen molar-refractivity contribution in [1.29, 1.82) is 0 Å². The molecule has 1 unspecified atom stereocenters. The van der Waals surface area contributed by atoms with E-state index in [9.17, 15) is 15.0 Å². The summed E-state index contributed by atoms with van der Waals surface area (Å²) in [7, 11) is 0. The van der Waals surface area contributed by atoms with Crippen LogP contribution < -0.4 is 0 Å². The Morgan fingerprint density at radius 3 is 2.63 bits per heavy atom. The van der Waals surface area contributed by atoms with Crippen LogP contribution >= 0.6 is 27.7 Å². The van der Waals surface area contributed by atoms with Gasteiger partial charge in [0.1, 0.15) is 0 Å². The lowest BCUT2D eigenvalue weighted by molar-refractivity contribution is -0.138. The number of aryl methyl sites for hydroxylation is 1. The number of benzene rings is 2. The van der Waals surface area contributed by atoms with Crippen LogP contribution in [0.2, 0.25) is 0 Å². The van der Waals surface area contributed by atoms with Crippen molar-refractivity contribution in [3.8, 4) is 0 Å². The highest BCUT2D eigenvalue weighted by Gasteiger charge is 2.44. The van der Waals surface area contributed by atoms with Crippen molar-refractivity contribution in [2.45, 2.75) is 44.0 Å². The Hall–Kier alpha value is -1.30. The van der Waals surface area contributed by atoms with Crippen LogP contribution in [0.1, 0.15) is 47.6 Å². The van der Waals surface area contributed by atoms with Crippen molar-refractivity contribution < 1.29 is 15.0 Å². The number of hydrogen-bond acceptors (Lipinski definition) is 3. The van der Waals surface area contributed by atoms with Crippen molar-refractivity contribution in [3.05, 3.63) is 69.7 Å². The first-order valence-electron chi connectivity index (χ1n) is 9.28. The van der Waals surface area contributed by atoms with E-state index < -0.39 is 5.97 Å². The lowest BCUT2D eigenvalue weighted by Crippen LogP contribution is -2.12. The summed E-state index contributed by atoms with van der Waals surface area (Å²) in [6.07, 6.45) is 4.23. The third-order valence-electron chi connectivity index (χ3n) is 5.21. The number of hydrogen-bond donors (Lipinski definition) is 2. The van der Waals surface area contributed by atoms with Crippen molar-refractivity contribution in [2.24, 2.45) is 5.41 Å². The van der Waals surface area contributed by atoms with Gasteiger partial charge in [-0.15, -0.1) is 0 Å². The van der Waals surface area contributed by atoms with E-state index in [1.54, 1.807) is 0 Å². The molecule has 3 rings (SSSR count). The second-order valence-corrected chi connectivity index (χ2v) is 9.45. The molecule has 5 heteroatoms. The minimum Gasteiger partial charge on any atom is -0.481 e. The minimum atomic E-state index is -0.694. The first kappa shape index (κ1) is 20.4. The van der Waals surface area contributed by atoms with Crippen LogP contribution in [0, 0.1) is 5.41 Å². The number of thioether (sulfide) groups is 1. The van der Waals surface area contributed by atoms with Gasteiger partial charge in [-0.3, -0.25) is 4.79 Å². The Balaban J connectivity index is 1.72. The van der Waals surface area contributed by atoms with E-state index in [0.29, 0.717) is 0 Å². The average Bonchev–Trinajstić information content (AvgIpc) is 3.42. The normalized spacial score (nSPS) is 16.1. The molecule has 0 heterocycles. The lowest BCUT2D eigenvalue weighted by Gasteiger charge is -2.21. The molecule has 2 aromatic rings. The van der Waals surface area contributed by atoms with Gasteiger partial charge in [0, 0.05) is 15.5 Å². The van der Waals surface area contributed by atoms with E-state index in [4.69, 9.17) is 0 Å². The van der Waals surface area contributed by atoms with E-state index >= 15 is 0 Å². The van der Waals surface area contributed by atoms with Crippen LogP contribution in [0.25, 0.3) is 0 Å². The molecule has 0 aliphatic heterocycles. The van der Waals surface area contributed by atoms with Crippen LogP contribution in [0.3, 0.4) is 0 Å². The molecule has 0 amide bonds. The third-order valence-corrected chi connectivity index (χ3v) is 7.68. The maximum Gasteiger partial charge on any atom is 0.303 e. The highest BCUT2D eigenvalue weighted by atomic mass is 79.9. The molecule has 144 valence electrons. The first-order chi connectivity index (χ1) is 13.0. The van der Waals surface area contributed by atoms with E-state index in [2.05, 4.69) is 46.3 Å². The number of rotatable bonds is 10. The molecular formula is C22H25BrO3S. The number of aliphatic carboxylic acids is 1. The average molecular weight is 449 g/mol. The smallest absolute Gasteiger partial charge is 0.303 e. The second kappa shape index (κ2) is 9.26. The predicted octanol–water partition coefficient (Wildman–Crippen LogP) is 5.60. The van der Waals surface area contributed by atoms with Gasteiger partial charge in [-0.25, -0.2) is 0 Å². The maximum absolute atomic E-state index is 11.2. The molecule has 2 aromatic carbocycles. The summed E-state index contributed by atoms with van der Waals surface area (Å²) in [5, 5.41) is 18.9. The van der Waals surface area contributed by atoms with E-state index in [1.165, 1.54) is 11.1 Å². The van der Waals surface area contributed by atoms with Crippen molar-refractivity contribution in [2.75, 3.05) is 5.75 Å². The molecule has 0 aromatic heterocycles. The van der Waals surface area contributed by atoms with Crippen LogP contribution in [0.5, 0.6) is 0 Å². The molecule has 1 atom stereocenters.